The molecular formula is C12H12O4. The molecule has 16 heavy (non-hydrogen) atoms. The maximum absolute atomic E-state index is 11.4. The number of esters is 1. The molecule has 4 heteroatoms. The van der Waals surface area contributed by atoms with Gasteiger partial charge in [0.15, 0.2) is 12.4 Å². The highest BCUT2D eigenvalue weighted by Gasteiger charge is 2.19. The van der Waals surface area contributed by atoms with E-state index in [1.165, 1.54) is 7.11 Å². The van der Waals surface area contributed by atoms with Crippen molar-refractivity contribution >= 4 is 11.8 Å². The molecule has 0 fully saturated rings. The summed E-state index contributed by atoms with van der Waals surface area (Å²) in [4.78, 5) is 22.2. The molecule has 0 spiro atoms. The molecule has 0 saturated heterocycles. The third kappa shape index (κ3) is 2.05. The monoisotopic (exact) mass is 220 g/mol. The zero-order valence-electron chi connectivity index (χ0n) is 8.99. The lowest BCUT2D eigenvalue weighted by atomic mass is 10.1. The Bertz CT molecular complexity index is 437. The summed E-state index contributed by atoms with van der Waals surface area (Å²) in [5.41, 5.74) is 1.76. The number of fused-ring (bicyclic) bond motifs is 1. The molecule has 0 bridgehead atoms. The van der Waals surface area contributed by atoms with Crippen molar-refractivity contribution in [2.45, 2.75) is 12.8 Å². The quantitative estimate of drug-likeness (QED) is 0.722. The highest BCUT2D eigenvalue weighted by molar-refractivity contribution is 6.00. The van der Waals surface area contributed by atoms with Crippen molar-refractivity contribution in [3.63, 3.8) is 0 Å². The fourth-order valence-corrected chi connectivity index (χ4v) is 1.72. The molecule has 1 aromatic carbocycles. The highest BCUT2D eigenvalue weighted by atomic mass is 16.6. The van der Waals surface area contributed by atoms with E-state index in [4.69, 9.17) is 4.74 Å². The van der Waals surface area contributed by atoms with E-state index in [-0.39, 0.29) is 12.4 Å². The Labute approximate surface area is 93.2 Å². The Morgan fingerprint density at radius 2 is 2.19 bits per heavy atom. The summed E-state index contributed by atoms with van der Waals surface area (Å²) in [6, 6.07) is 5.26. The van der Waals surface area contributed by atoms with Gasteiger partial charge in [0.25, 0.3) is 0 Å². The molecule has 0 N–H and O–H groups in total. The SMILES string of the molecule is COC(=O)COc1ccc2c(c1)CCC2=O. The number of carbonyl (C=O) groups excluding carboxylic acids is 2. The first-order valence-corrected chi connectivity index (χ1v) is 5.06. The van der Waals surface area contributed by atoms with Crippen LogP contribution in [0.4, 0.5) is 0 Å². The molecule has 0 aliphatic heterocycles. The normalized spacial score (nSPS) is 13.4. The Morgan fingerprint density at radius 1 is 1.38 bits per heavy atom. The number of hydrogen-bond donors (Lipinski definition) is 0. The maximum atomic E-state index is 11.4. The lowest BCUT2D eigenvalue weighted by molar-refractivity contribution is -0.142. The minimum atomic E-state index is -0.420. The van der Waals surface area contributed by atoms with Gasteiger partial charge in [0.2, 0.25) is 0 Å². The van der Waals surface area contributed by atoms with Crippen molar-refractivity contribution in [3.05, 3.63) is 29.3 Å². The van der Waals surface area contributed by atoms with E-state index < -0.39 is 5.97 Å². The van der Waals surface area contributed by atoms with E-state index in [0.29, 0.717) is 12.2 Å². The molecule has 84 valence electrons. The number of benzene rings is 1. The van der Waals surface area contributed by atoms with Crippen molar-refractivity contribution in [1.29, 1.82) is 0 Å². The zero-order valence-corrected chi connectivity index (χ0v) is 8.99. The predicted octanol–water partition coefficient (Wildman–Crippen LogP) is 1.37. The molecule has 1 aliphatic rings. The van der Waals surface area contributed by atoms with Crippen molar-refractivity contribution in [2.24, 2.45) is 0 Å². The maximum Gasteiger partial charge on any atom is 0.343 e. The summed E-state index contributed by atoms with van der Waals surface area (Å²) in [5, 5.41) is 0. The number of hydrogen-bond acceptors (Lipinski definition) is 4. The first kappa shape index (κ1) is 10.7. The van der Waals surface area contributed by atoms with Gasteiger partial charge >= 0.3 is 5.97 Å². The second kappa shape index (κ2) is 4.35. The number of carbonyl (C=O) groups is 2. The Morgan fingerprint density at radius 3 is 2.94 bits per heavy atom. The minimum absolute atomic E-state index is 0.108. The Hall–Kier alpha value is -1.84. The van der Waals surface area contributed by atoms with Gasteiger partial charge in [-0.05, 0) is 30.2 Å². The van der Waals surface area contributed by atoms with E-state index in [1.54, 1.807) is 12.1 Å². The van der Waals surface area contributed by atoms with Gasteiger partial charge in [-0.25, -0.2) is 4.79 Å². The Balaban J connectivity index is 2.08. The second-order valence-electron chi connectivity index (χ2n) is 3.61. The first-order chi connectivity index (χ1) is 7.70. The number of ether oxygens (including phenoxy) is 2. The van der Waals surface area contributed by atoms with Crippen LogP contribution in [0.5, 0.6) is 5.75 Å². The summed E-state index contributed by atoms with van der Waals surface area (Å²) < 4.78 is 9.70. The fourth-order valence-electron chi connectivity index (χ4n) is 1.72. The molecule has 2 rings (SSSR count). The molecule has 1 aromatic rings. The first-order valence-electron chi connectivity index (χ1n) is 5.06. The van der Waals surface area contributed by atoms with Crippen LogP contribution in [-0.4, -0.2) is 25.5 Å². The van der Waals surface area contributed by atoms with E-state index in [1.807, 2.05) is 6.07 Å². The highest BCUT2D eigenvalue weighted by Crippen LogP contribution is 2.25. The fraction of sp³-hybridized carbons (Fsp3) is 0.333. The van der Waals surface area contributed by atoms with Gasteiger partial charge in [-0.2, -0.15) is 0 Å². The van der Waals surface area contributed by atoms with Crippen LogP contribution in [0.3, 0.4) is 0 Å². The van der Waals surface area contributed by atoms with Gasteiger partial charge in [0, 0.05) is 12.0 Å². The van der Waals surface area contributed by atoms with Crippen LogP contribution in [0.2, 0.25) is 0 Å². The van der Waals surface area contributed by atoms with Crippen LogP contribution in [0, 0.1) is 0 Å². The minimum Gasteiger partial charge on any atom is -0.482 e. The predicted molar refractivity (Wildman–Crippen MR) is 56.6 cm³/mol. The molecule has 0 saturated carbocycles. The number of methoxy groups -OCH3 is 1. The standard InChI is InChI=1S/C12H12O4/c1-15-12(14)7-16-9-3-4-10-8(6-9)2-5-11(10)13/h3-4,6H,2,5,7H2,1H3. The summed E-state index contributed by atoms with van der Waals surface area (Å²) in [6.45, 7) is -0.108. The van der Waals surface area contributed by atoms with Gasteiger partial charge in [-0.3, -0.25) is 4.79 Å². The molecule has 1 aliphatic carbocycles. The third-order valence-electron chi connectivity index (χ3n) is 2.58. The molecule has 0 radical (unpaired) electrons. The molecule has 4 nitrogen and oxygen atoms in total. The van der Waals surface area contributed by atoms with Gasteiger partial charge in [0.1, 0.15) is 5.75 Å². The average Bonchev–Trinajstić information content (AvgIpc) is 2.67. The second-order valence-corrected chi connectivity index (χ2v) is 3.61. The number of rotatable bonds is 3. The van der Waals surface area contributed by atoms with Crippen LogP contribution < -0.4 is 4.74 Å². The summed E-state index contributed by atoms with van der Waals surface area (Å²) >= 11 is 0. The number of ketones is 1. The van der Waals surface area contributed by atoms with Crippen molar-refractivity contribution in [3.8, 4) is 5.75 Å². The number of aryl methyl sites for hydroxylation is 1. The lowest BCUT2D eigenvalue weighted by Crippen LogP contribution is -2.12. The summed E-state index contributed by atoms with van der Waals surface area (Å²) in [7, 11) is 1.31. The topological polar surface area (TPSA) is 52.6 Å². The molecular weight excluding hydrogens is 208 g/mol. The van der Waals surface area contributed by atoms with Crippen molar-refractivity contribution in [1.82, 2.24) is 0 Å². The third-order valence-corrected chi connectivity index (χ3v) is 2.58. The van der Waals surface area contributed by atoms with Crippen LogP contribution in [-0.2, 0) is 16.0 Å². The van der Waals surface area contributed by atoms with E-state index in [2.05, 4.69) is 4.74 Å². The van der Waals surface area contributed by atoms with Gasteiger partial charge in [0.05, 0.1) is 7.11 Å². The summed E-state index contributed by atoms with van der Waals surface area (Å²) in [6.07, 6.45) is 1.32. The largest absolute Gasteiger partial charge is 0.482 e. The van der Waals surface area contributed by atoms with Gasteiger partial charge in [-0.15, -0.1) is 0 Å². The van der Waals surface area contributed by atoms with E-state index >= 15 is 0 Å². The van der Waals surface area contributed by atoms with E-state index in [0.717, 1.165) is 17.5 Å². The van der Waals surface area contributed by atoms with Crippen LogP contribution in [0.25, 0.3) is 0 Å². The molecule has 0 unspecified atom stereocenters. The van der Waals surface area contributed by atoms with Crippen LogP contribution >= 0.6 is 0 Å². The Kier molecular flexibility index (Phi) is 2.90. The molecule has 0 amide bonds. The van der Waals surface area contributed by atoms with Crippen LogP contribution in [0.1, 0.15) is 22.3 Å². The van der Waals surface area contributed by atoms with Gasteiger partial charge in [-0.1, -0.05) is 0 Å². The van der Waals surface area contributed by atoms with Gasteiger partial charge < -0.3 is 9.47 Å². The number of Topliss-reactive ketones (excluding diaryl/α,β-unsaturated/α-hetero) is 1. The van der Waals surface area contributed by atoms with Crippen molar-refractivity contribution < 1.29 is 19.1 Å². The lowest BCUT2D eigenvalue weighted by Gasteiger charge is -2.06. The average molecular weight is 220 g/mol. The molecule has 0 atom stereocenters. The smallest absolute Gasteiger partial charge is 0.343 e. The zero-order chi connectivity index (χ0) is 11.5. The molecule has 0 aromatic heterocycles. The van der Waals surface area contributed by atoms with Crippen molar-refractivity contribution in [2.75, 3.05) is 13.7 Å². The summed E-state index contributed by atoms with van der Waals surface area (Å²) in [5.74, 6) is 0.352. The van der Waals surface area contributed by atoms with E-state index in [9.17, 15) is 9.59 Å². The van der Waals surface area contributed by atoms with Crippen LogP contribution in [0.15, 0.2) is 18.2 Å². The molecule has 0 heterocycles.